The summed E-state index contributed by atoms with van der Waals surface area (Å²) in [5.74, 6) is -1.73. The standard InChI is InChI=1S/C21H19NO6S2/c1-13-5-6-15(10-14(13)2)19(24)12-28-21(25)17-8-7-16(11-18(17)23)22-30(26,27)20-4-3-9-29-20/h3-11,22-23H,12H2,1-2H3. The molecule has 0 saturated heterocycles. The van der Waals surface area contributed by atoms with Crippen molar-refractivity contribution in [2.45, 2.75) is 18.1 Å². The van der Waals surface area contributed by atoms with E-state index < -0.39 is 28.3 Å². The van der Waals surface area contributed by atoms with Crippen LogP contribution in [0.25, 0.3) is 0 Å². The summed E-state index contributed by atoms with van der Waals surface area (Å²) in [5.41, 5.74) is 2.33. The number of ether oxygens (including phenoxy) is 1. The van der Waals surface area contributed by atoms with E-state index in [9.17, 15) is 23.1 Å². The molecule has 1 heterocycles. The number of Topliss-reactive ketones (excluding diaryl/α,β-unsaturated/α-hetero) is 1. The Balaban J connectivity index is 1.66. The van der Waals surface area contributed by atoms with Gasteiger partial charge < -0.3 is 9.84 Å². The van der Waals surface area contributed by atoms with Crippen LogP contribution in [0, 0.1) is 13.8 Å². The van der Waals surface area contributed by atoms with Crippen molar-refractivity contribution in [1.29, 1.82) is 0 Å². The van der Waals surface area contributed by atoms with E-state index in [1.165, 1.54) is 18.2 Å². The second kappa shape index (κ2) is 8.68. The number of esters is 1. The van der Waals surface area contributed by atoms with Gasteiger partial charge in [0.25, 0.3) is 10.0 Å². The summed E-state index contributed by atoms with van der Waals surface area (Å²) in [7, 11) is -3.78. The van der Waals surface area contributed by atoms with Gasteiger partial charge in [-0.1, -0.05) is 18.2 Å². The lowest BCUT2D eigenvalue weighted by Gasteiger charge is -2.10. The van der Waals surface area contributed by atoms with E-state index in [1.54, 1.807) is 23.6 Å². The van der Waals surface area contributed by atoms with Gasteiger partial charge in [-0.15, -0.1) is 11.3 Å². The number of carbonyl (C=O) groups is 2. The van der Waals surface area contributed by atoms with Crippen molar-refractivity contribution >= 4 is 38.8 Å². The first-order valence-electron chi connectivity index (χ1n) is 8.84. The molecule has 2 N–H and O–H groups in total. The van der Waals surface area contributed by atoms with Crippen molar-refractivity contribution < 1.29 is 27.9 Å². The molecule has 0 radical (unpaired) electrons. The highest BCUT2D eigenvalue weighted by molar-refractivity contribution is 7.94. The summed E-state index contributed by atoms with van der Waals surface area (Å²) in [6.45, 7) is 3.33. The SMILES string of the molecule is Cc1ccc(C(=O)COC(=O)c2ccc(NS(=O)(=O)c3cccs3)cc2O)cc1C. The van der Waals surface area contributed by atoms with Crippen molar-refractivity contribution in [3.05, 3.63) is 76.2 Å². The third-order valence-electron chi connectivity index (χ3n) is 4.39. The fourth-order valence-electron chi connectivity index (χ4n) is 2.60. The number of aromatic hydroxyl groups is 1. The summed E-state index contributed by atoms with van der Waals surface area (Å²) in [5, 5.41) is 11.7. The van der Waals surface area contributed by atoms with Crippen LogP contribution < -0.4 is 4.72 Å². The molecule has 0 saturated carbocycles. The number of carbonyl (C=O) groups excluding carboxylic acids is 2. The Bertz CT molecular complexity index is 1200. The zero-order chi connectivity index (χ0) is 21.9. The number of anilines is 1. The van der Waals surface area contributed by atoms with Crippen molar-refractivity contribution in [2.75, 3.05) is 11.3 Å². The predicted octanol–water partition coefficient (Wildman–Crippen LogP) is 3.91. The molecule has 0 aliphatic rings. The minimum atomic E-state index is -3.78. The van der Waals surface area contributed by atoms with E-state index in [4.69, 9.17) is 4.74 Å². The topological polar surface area (TPSA) is 110 Å². The van der Waals surface area contributed by atoms with Gasteiger partial charge >= 0.3 is 5.97 Å². The number of phenolic OH excluding ortho intramolecular Hbond substituents is 1. The van der Waals surface area contributed by atoms with E-state index >= 15 is 0 Å². The van der Waals surface area contributed by atoms with Crippen molar-refractivity contribution in [3.8, 4) is 5.75 Å². The lowest BCUT2D eigenvalue weighted by Crippen LogP contribution is -2.15. The number of phenols is 1. The number of sulfonamides is 1. The second-order valence-electron chi connectivity index (χ2n) is 6.57. The van der Waals surface area contributed by atoms with Crippen LogP contribution >= 0.6 is 11.3 Å². The van der Waals surface area contributed by atoms with Gasteiger partial charge in [0.2, 0.25) is 0 Å². The number of thiophene rings is 1. The van der Waals surface area contributed by atoms with Crippen LogP contribution in [0.3, 0.4) is 0 Å². The first-order valence-corrected chi connectivity index (χ1v) is 11.2. The van der Waals surface area contributed by atoms with E-state index in [2.05, 4.69) is 4.72 Å². The molecule has 0 bridgehead atoms. The summed E-state index contributed by atoms with van der Waals surface area (Å²) in [6.07, 6.45) is 0. The van der Waals surface area contributed by atoms with Gasteiger partial charge in [0.05, 0.1) is 5.69 Å². The van der Waals surface area contributed by atoms with Crippen molar-refractivity contribution in [2.24, 2.45) is 0 Å². The van der Waals surface area contributed by atoms with Gasteiger partial charge in [0.1, 0.15) is 15.5 Å². The Morgan fingerprint density at radius 1 is 1.07 bits per heavy atom. The minimum Gasteiger partial charge on any atom is -0.507 e. The number of rotatable bonds is 7. The van der Waals surface area contributed by atoms with Gasteiger partial charge in [0, 0.05) is 11.6 Å². The average molecular weight is 446 g/mol. The summed E-state index contributed by atoms with van der Waals surface area (Å²) in [4.78, 5) is 24.5. The zero-order valence-electron chi connectivity index (χ0n) is 16.2. The molecule has 0 atom stereocenters. The van der Waals surface area contributed by atoms with Crippen LogP contribution in [-0.2, 0) is 14.8 Å². The molecular formula is C21H19NO6S2. The maximum Gasteiger partial charge on any atom is 0.342 e. The summed E-state index contributed by atoms with van der Waals surface area (Å²) >= 11 is 1.05. The molecule has 0 aliphatic heterocycles. The highest BCUT2D eigenvalue weighted by Crippen LogP contribution is 2.26. The molecule has 3 rings (SSSR count). The third-order valence-corrected chi connectivity index (χ3v) is 7.17. The van der Waals surface area contributed by atoms with E-state index in [0.717, 1.165) is 28.5 Å². The van der Waals surface area contributed by atoms with Crippen LogP contribution in [0.15, 0.2) is 58.1 Å². The van der Waals surface area contributed by atoms with Crippen molar-refractivity contribution in [3.63, 3.8) is 0 Å². The summed E-state index contributed by atoms with van der Waals surface area (Å²) in [6, 6.07) is 11.9. The predicted molar refractivity (Wildman–Crippen MR) is 114 cm³/mol. The Labute approximate surface area is 178 Å². The van der Waals surface area contributed by atoms with Gasteiger partial charge in [-0.25, -0.2) is 13.2 Å². The number of hydrogen-bond donors (Lipinski definition) is 2. The highest BCUT2D eigenvalue weighted by atomic mass is 32.2. The van der Waals surface area contributed by atoms with Crippen LogP contribution in [0.4, 0.5) is 5.69 Å². The first kappa shape index (κ1) is 21.5. The number of nitrogens with one attached hydrogen (secondary N) is 1. The molecular weight excluding hydrogens is 426 g/mol. The molecule has 9 heteroatoms. The maximum absolute atomic E-state index is 12.2. The molecule has 0 aliphatic carbocycles. The largest absolute Gasteiger partial charge is 0.507 e. The fraction of sp³-hybridized carbons (Fsp3) is 0.143. The quantitative estimate of drug-likeness (QED) is 0.421. The normalized spacial score (nSPS) is 11.1. The number of ketones is 1. The van der Waals surface area contributed by atoms with E-state index in [0.29, 0.717) is 5.56 Å². The Morgan fingerprint density at radius 3 is 2.47 bits per heavy atom. The monoisotopic (exact) mass is 445 g/mol. The second-order valence-corrected chi connectivity index (χ2v) is 9.42. The number of benzene rings is 2. The first-order chi connectivity index (χ1) is 14.2. The molecule has 0 amide bonds. The lowest BCUT2D eigenvalue weighted by atomic mass is 10.0. The Kier molecular flexibility index (Phi) is 6.23. The molecule has 0 unspecified atom stereocenters. The number of hydrogen-bond acceptors (Lipinski definition) is 7. The average Bonchev–Trinajstić information content (AvgIpc) is 3.23. The molecule has 1 aromatic heterocycles. The van der Waals surface area contributed by atoms with Crippen LogP contribution in [0.2, 0.25) is 0 Å². The Hall–Kier alpha value is -3.17. The van der Waals surface area contributed by atoms with Crippen LogP contribution in [0.5, 0.6) is 5.75 Å². The van der Waals surface area contributed by atoms with Gasteiger partial charge in [-0.3, -0.25) is 9.52 Å². The smallest absolute Gasteiger partial charge is 0.342 e. The molecule has 0 spiro atoms. The van der Waals surface area contributed by atoms with Crippen molar-refractivity contribution in [1.82, 2.24) is 0 Å². The minimum absolute atomic E-state index is 0.0867. The molecule has 7 nitrogen and oxygen atoms in total. The molecule has 2 aromatic carbocycles. The summed E-state index contributed by atoms with van der Waals surface area (Å²) < 4.78 is 31.9. The van der Waals surface area contributed by atoms with Gasteiger partial charge in [-0.2, -0.15) is 0 Å². The lowest BCUT2D eigenvalue weighted by molar-refractivity contribution is 0.0472. The zero-order valence-corrected chi connectivity index (χ0v) is 17.8. The van der Waals surface area contributed by atoms with Crippen LogP contribution in [0.1, 0.15) is 31.8 Å². The van der Waals surface area contributed by atoms with Gasteiger partial charge in [-0.05, 0) is 54.6 Å². The molecule has 30 heavy (non-hydrogen) atoms. The number of aryl methyl sites for hydroxylation is 2. The molecule has 156 valence electrons. The molecule has 3 aromatic rings. The van der Waals surface area contributed by atoms with Gasteiger partial charge in [0.15, 0.2) is 12.4 Å². The van der Waals surface area contributed by atoms with Crippen LogP contribution in [-0.4, -0.2) is 31.9 Å². The Morgan fingerprint density at radius 2 is 1.83 bits per heavy atom. The van der Waals surface area contributed by atoms with E-state index in [-0.39, 0.29) is 21.2 Å². The third kappa shape index (κ3) is 4.87. The van der Waals surface area contributed by atoms with E-state index in [1.807, 2.05) is 19.9 Å². The highest BCUT2D eigenvalue weighted by Gasteiger charge is 2.19. The fourth-order valence-corrected chi connectivity index (χ4v) is 4.64. The molecule has 0 fully saturated rings. The maximum atomic E-state index is 12.2.